The van der Waals surface area contributed by atoms with Gasteiger partial charge in [0, 0.05) is 50.5 Å². The van der Waals surface area contributed by atoms with Gasteiger partial charge in [-0.1, -0.05) is 5.57 Å². The molecule has 0 aliphatic carbocycles. The first kappa shape index (κ1) is 25.5. The van der Waals surface area contributed by atoms with Crippen LogP contribution < -0.4 is 10.2 Å². The Kier molecular flexibility index (Phi) is 7.39. The van der Waals surface area contributed by atoms with Crippen LogP contribution in [0, 0.1) is 5.92 Å². The zero-order chi connectivity index (χ0) is 26.1. The number of ether oxygens (including phenoxy) is 1. The molecule has 10 nitrogen and oxygen atoms in total. The third-order valence-corrected chi connectivity index (χ3v) is 7.68. The summed E-state index contributed by atoms with van der Waals surface area (Å²) in [6.45, 7) is 13.4. The number of carbonyl (C=O) groups excluding carboxylic acids is 2. The summed E-state index contributed by atoms with van der Waals surface area (Å²) >= 11 is 0. The minimum absolute atomic E-state index is 0.108. The molecule has 37 heavy (non-hydrogen) atoms. The lowest BCUT2D eigenvalue weighted by Crippen LogP contribution is -2.49. The predicted molar refractivity (Wildman–Crippen MR) is 143 cm³/mol. The zero-order valence-corrected chi connectivity index (χ0v) is 22.2. The molecule has 5 rings (SSSR count). The van der Waals surface area contributed by atoms with Crippen molar-refractivity contribution >= 4 is 34.4 Å². The summed E-state index contributed by atoms with van der Waals surface area (Å²) in [5.41, 5.74) is 2.85. The molecule has 0 aromatic carbocycles. The number of pyridine rings is 1. The average molecular weight is 508 g/mol. The van der Waals surface area contributed by atoms with Gasteiger partial charge in [0.25, 0.3) is 11.8 Å². The molecule has 1 atom stereocenters. The van der Waals surface area contributed by atoms with Crippen molar-refractivity contribution in [2.24, 2.45) is 10.9 Å². The maximum atomic E-state index is 13.5. The summed E-state index contributed by atoms with van der Waals surface area (Å²) in [6, 6.07) is 2.55. The Morgan fingerprint density at radius 1 is 1.16 bits per heavy atom. The lowest BCUT2D eigenvalue weighted by molar-refractivity contribution is -0.120. The van der Waals surface area contributed by atoms with Crippen molar-refractivity contribution in [1.82, 2.24) is 25.0 Å². The quantitative estimate of drug-likeness (QED) is 0.641. The van der Waals surface area contributed by atoms with Gasteiger partial charge in [-0.05, 0) is 52.7 Å². The van der Waals surface area contributed by atoms with Crippen LogP contribution in [0.15, 0.2) is 28.9 Å². The highest BCUT2D eigenvalue weighted by molar-refractivity contribution is 6.07. The van der Waals surface area contributed by atoms with E-state index in [0.29, 0.717) is 28.4 Å². The smallest absolute Gasteiger partial charge is 0.254 e. The molecule has 2 aromatic rings. The molecule has 0 spiro atoms. The van der Waals surface area contributed by atoms with Gasteiger partial charge >= 0.3 is 0 Å². The SMILES string of the molecule is CC1=CC(C)=NC(=O)C1CNC(=O)c1cc(N2CCC(N3CCOCC3)CC2)nc2c1cnn2C(C)C. The van der Waals surface area contributed by atoms with Gasteiger partial charge in [0.2, 0.25) is 0 Å². The summed E-state index contributed by atoms with van der Waals surface area (Å²) < 4.78 is 7.39. The molecule has 5 heterocycles. The number of hydrogen-bond donors (Lipinski definition) is 1. The molecule has 3 aliphatic rings. The van der Waals surface area contributed by atoms with Crippen LogP contribution in [0.25, 0.3) is 11.0 Å². The molecule has 1 unspecified atom stereocenters. The number of morpholine rings is 1. The lowest BCUT2D eigenvalue weighted by Gasteiger charge is -2.40. The summed E-state index contributed by atoms with van der Waals surface area (Å²) in [6.07, 6.45) is 5.73. The van der Waals surface area contributed by atoms with Crippen LogP contribution in [0.3, 0.4) is 0 Å². The maximum Gasteiger partial charge on any atom is 0.254 e. The fourth-order valence-corrected chi connectivity index (χ4v) is 5.58. The number of dihydropyridines is 1. The number of rotatable bonds is 6. The van der Waals surface area contributed by atoms with Crippen LogP contribution in [0.4, 0.5) is 5.82 Å². The van der Waals surface area contributed by atoms with Crippen LogP contribution in [-0.2, 0) is 9.53 Å². The predicted octanol–water partition coefficient (Wildman–Crippen LogP) is 2.61. The van der Waals surface area contributed by atoms with Crippen molar-refractivity contribution < 1.29 is 14.3 Å². The third-order valence-electron chi connectivity index (χ3n) is 7.68. The lowest BCUT2D eigenvalue weighted by atomic mass is 9.95. The number of nitrogens with zero attached hydrogens (tertiary/aromatic N) is 6. The van der Waals surface area contributed by atoms with Crippen molar-refractivity contribution in [2.75, 3.05) is 50.8 Å². The molecular weight excluding hydrogens is 470 g/mol. The van der Waals surface area contributed by atoms with Crippen LogP contribution >= 0.6 is 0 Å². The van der Waals surface area contributed by atoms with Gasteiger partial charge in [0.15, 0.2) is 5.65 Å². The number of allylic oxidation sites excluding steroid dienone is 1. The van der Waals surface area contributed by atoms with Gasteiger partial charge in [0.1, 0.15) is 5.82 Å². The van der Waals surface area contributed by atoms with E-state index in [-0.39, 0.29) is 24.4 Å². The molecule has 1 N–H and O–H groups in total. The molecular formula is C27H37N7O3. The monoisotopic (exact) mass is 507 g/mol. The molecule has 0 saturated carbocycles. The Hall–Kier alpha value is -3.11. The highest BCUT2D eigenvalue weighted by Crippen LogP contribution is 2.28. The Labute approximate surface area is 217 Å². The summed E-state index contributed by atoms with van der Waals surface area (Å²) in [5, 5.41) is 8.24. The van der Waals surface area contributed by atoms with Crippen molar-refractivity contribution in [1.29, 1.82) is 0 Å². The number of amides is 2. The second-order valence-electron chi connectivity index (χ2n) is 10.6. The topological polar surface area (TPSA) is 105 Å². The van der Waals surface area contributed by atoms with Crippen molar-refractivity contribution in [3.8, 4) is 0 Å². The van der Waals surface area contributed by atoms with Gasteiger partial charge in [-0.3, -0.25) is 14.5 Å². The van der Waals surface area contributed by atoms with Crippen LogP contribution in [0.5, 0.6) is 0 Å². The normalized spacial score (nSPS) is 21.9. The van der Waals surface area contributed by atoms with Gasteiger partial charge in [-0.15, -0.1) is 0 Å². The van der Waals surface area contributed by atoms with E-state index in [0.717, 1.165) is 63.6 Å². The molecule has 10 heteroatoms. The summed E-state index contributed by atoms with van der Waals surface area (Å²) in [4.78, 5) is 39.8. The largest absolute Gasteiger partial charge is 0.379 e. The van der Waals surface area contributed by atoms with E-state index < -0.39 is 5.92 Å². The third kappa shape index (κ3) is 5.31. The number of carbonyl (C=O) groups is 2. The summed E-state index contributed by atoms with van der Waals surface area (Å²) in [7, 11) is 0. The van der Waals surface area contributed by atoms with Crippen molar-refractivity contribution in [3.63, 3.8) is 0 Å². The Morgan fingerprint density at radius 2 is 1.89 bits per heavy atom. The van der Waals surface area contributed by atoms with Gasteiger partial charge in [-0.25, -0.2) is 14.7 Å². The number of piperidine rings is 1. The van der Waals surface area contributed by atoms with Crippen molar-refractivity contribution in [2.45, 2.75) is 52.6 Å². The Morgan fingerprint density at radius 3 is 2.57 bits per heavy atom. The number of hydrogen-bond acceptors (Lipinski definition) is 7. The molecule has 2 aromatic heterocycles. The fraction of sp³-hybridized carbons (Fsp3) is 0.593. The molecule has 3 aliphatic heterocycles. The number of aromatic nitrogens is 3. The minimum atomic E-state index is -0.443. The van der Waals surface area contributed by atoms with Gasteiger partial charge < -0.3 is 15.0 Å². The minimum Gasteiger partial charge on any atom is -0.379 e. The molecule has 2 amide bonds. The number of aliphatic imine (C=N–C) groups is 1. The van der Waals surface area contributed by atoms with E-state index in [2.05, 4.69) is 39.1 Å². The summed E-state index contributed by atoms with van der Waals surface area (Å²) in [5.74, 6) is -0.0891. The van der Waals surface area contributed by atoms with E-state index in [1.54, 1.807) is 6.20 Å². The van der Waals surface area contributed by atoms with Gasteiger partial charge in [0.05, 0.1) is 36.3 Å². The van der Waals surface area contributed by atoms with Crippen LogP contribution in [-0.4, -0.2) is 89.2 Å². The first-order chi connectivity index (χ1) is 17.8. The van der Waals surface area contributed by atoms with E-state index in [4.69, 9.17) is 9.72 Å². The molecule has 0 radical (unpaired) electrons. The van der Waals surface area contributed by atoms with E-state index in [9.17, 15) is 9.59 Å². The zero-order valence-electron chi connectivity index (χ0n) is 22.2. The van der Waals surface area contributed by atoms with E-state index >= 15 is 0 Å². The fourth-order valence-electron chi connectivity index (χ4n) is 5.58. The number of nitrogens with one attached hydrogen (secondary N) is 1. The van der Waals surface area contributed by atoms with Crippen molar-refractivity contribution in [3.05, 3.63) is 29.5 Å². The molecule has 0 bridgehead atoms. The highest BCUT2D eigenvalue weighted by atomic mass is 16.5. The van der Waals surface area contributed by atoms with E-state index in [1.807, 2.05) is 30.7 Å². The second kappa shape index (κ2) is 10.7. The number of fused-ring (bicyclic) bond motifs is 1. The maximum absolute atomic E-state index is 13.5. The second-order valence-corrected chi connectivity index (χ2v) is 10.6. The first-order valence-corrected chi connectivity index (χ1v) is 13.3. The standard InChI is InChI=1S/C27H37N7O3/c1-17(2)34-25-23(16-29-34)21(26(35)28-15-22-18(3)13-19(4)30-27(22)36)14-24(31-25)33-7-5-20(6-8-33)32-9-11-37-12-10-32/h13-14,16-17,20,22H,5-12,15H2,1-4H3,(H,28,35). The molecule has 198 valence electrons. The van der Waals surface area contributed by atoms with Crippen LogP contribution in [0.2, 0.25) is 0 Å². The molecule has 2 saturated heterocycles. The van der Waals surface area contributed by atoms with Gasteiger partial charge in [-0.2, -0.15) is 5.10 Å². The van der Waals surface area contributed by atoms with Crippen LogP contribution in [0.1, 0.15) is 56.9 Å². The molecule has 2 fully saturated rings. The first-order valence-electron chi connectivity index (χ1n) is 13.3. The average Bonchev–Trinajstić information content (AvgIpc) is 3.32. The highest BCUT2D eigenvalue weighted by Gasteiger charge is 2.29. The van der Waals surface area contributed by atoms with E-state index in [1.165, 1.54) is 0 Å². The Balaban J connectivity index is 1.37. The Bertz CT molecular complexity index is 1230. The number of anilines is 1.